The van der Waals surface area contributed by atoms with Gasteiger partial charge in [-0.3, -0.25) is 9.59 Å². The van der Waals surface area contributed by atoms with Crippen molar-refractivity contribution in [1.29, 1.82) is 0 Å². The molecule has 0 bridgehead atoms. The number of carbonyl (C=O) groups is 1. The van der Waals surface area contributed by atoms with E-state index in [9.17, 15) is 14.7 Å². The first-order valence-corrected chi connectivity index (χ1v) is 8.59. The van der Waals surface area contributed by atoms with Crippen molar-refractivity contribution in [3.8, 4) is 0 Å². The third-order valence-electron chi connectivity index (χ3n) is 4.53. The lowest BCUT2D eigenvalue weighted by Crippen LogP contribution is -2.42. The van der Waals surface area contributed by atoms with Gasteiger partial charge in [0.15, 0.2) is 11.2 Å². The first-order valence-electron chi connectivity index (χ1n) is 8.21. The Morgan fingerprint density at radius 3 is 2.62 bits per heavy atom. The molecule has 6 heteroatoms. The third kappa shape index (κ3) is 3.79. The van der Waals surface area contributed by atoms with Crippen molar-refractivity contribution in [2.75, 3.05) is 6.54 Å². The molecule has 0 radical (unpaired) electrons. The van der Waals surface area contributed by atoms with Gasteiger partial charge in [0.25, 0.3) is 5.91 Å². The van der Waals surface area contributed by atoms with Crippen LogP contribution >= 0.6 is 11.6 Å². The van der Waals surface area contributed by atoms with E-state index in [0.717, 1.165) is 31.7 Å². The zero-order chi connectivity index (χ0) is 17.2. The molecule has 1 fully saturated rings. The van der Waals surface area contributed by atoms with Crippen molar-refractivity contribution in [3.05, 3.63) is 45.3 Å². The van der Waals surface area contributed by atoms with Crippen LogP contribution in [0.3, 0.4) is 0 Å². The minimum atomic E-state index is -0.878. The van der Waals surface area contributed by atoms with Crippen molar-refractivity contribution < 1.29 is 14.3 Å². The normalized spacial score (nSPS) is 17.4. The van der Waals surface area contributed by atoms with Crippen LogP contribution in [0.4, 0.5) is 0 Å². The summed E-state index contributed by atoms with van der Waals surface area (Å²) >= 11 is 5.87. The topological polar surface area (TPSA) is 79.5 Å². The van der Waals surface area contributed by atoms with Crippen LogP contribution < -0.4 is 10.7 Å². The van der Waals surface area contributed by atoms with Crippen LogP contribution in [0.5, 0.6) is 0 Å². The van der Waals surface area contributed by atoms with E-state index in [2.05, 4.69) is 5.32 Å². The van der Waals surface area contributed by atoms with Crippen molar-refractivity contribution >= 4 is 28.5 Å². The highest BCUT2D eigenvalue weighted by molar-refractivity contribution is 6.31. The van der Waals surface area contributed by atoms with Gasteiger partial charge in [-0.05, 0) is 31.0 Å². The van der Waals surface area contributed by atoms with Crippen LogP contribution in [0.25, 0.3) is 11.0 Å². The summed E-state index contributed by atoms with van der Waals surface area (Å²) in [7, 11) is 0. The molecule has 1 saturated carbocycles. The number of nitrogens with one attached hydrogen (secondary N) is 1. The molecule has 24 heavy (non-hydrogen) atoms. The summed E-state index contributed by atoms with van der Waals surface area (Å²) < 4.78 is 5.50. The van der Waals surface area contributed by atoms with Gasteiger partial charge in [-0.25, -0.2) is 0 Å². The molecular weight excluding hydrogens is 330 g/mol. The number of benzene rings is 1. The van der Waals surface area contributed by atoms with E-state index < -0.39 is 11.5 Å². The van der Waals surface area contributed by atoms with Crippen LogP contribution in [0.15, 0.2) is 33.5 Å². The SMILES string of the molecule is O=C(NCC1(O)CCCCCC1)c1cc(=O)c2cc(Cl)ccc2o1. The monoisotopic (exact) mass is 349 g/mol. The van der Waals surface area contributed by atoms with E-state index >= 15 is 0 Å². The average Bonchev–Trinajstić information content (AvgIpc) is 2.78. The highest BCUT2D eigenvalue weighted by Gasteiger charge is 2.28. The number of rotatable bonds is 3. The van der Waals surface area contributed by atoms with Gasteiger partial charge in [0.1, 0.15) is 5.58 Å². The number of aliphatic hydroxyl groups is 1. The summed E-state index contributed by atoms with van der Waals surface area (Å²) in [4.78, 5) is 24.4. The molecule has 0 saturated heterocycles. The van der Waals surface area contributed by atoms with Crippen molar-refractivity contribution in [2.45, 2.75) is 44.1 Å². The maximum atomic E-state index is 12.3. The quantitative estimate of drug-likeness (QED) is 0.833. The Kier molecular flexibility index (Phi) is 4.92. The third-order valence-corrected chi connectivity index (χ3v) is 4.76. The number of hydrogen-bond acceptors (Lipinski definition) is 4. The Hall–Kier alpha value is -1.85. The lowest BCUT2D eigenvalue weighted by Gasteiger charge is -2.26. The fraction of sp³-hybridized carbons (Fsp3) is 0.444. The number of amides is 1. The molecule has 2 N–H and O–H groups in total. The minimum Gasteiger partial charge on any atom is -0.451 e. The smallest absolute Gasteiger partial charge is 0.287 e. The van der Waals surface area contributed by atoms with E-state index in [4.69, 9.17) is 16.0 Å². The van der Waals surface area contributed by atoms with Crippen LogP contribution in [0.2, 0.25) is 5.02 Å². The van der Waals surface area contributed by atoms with E-state index in [0.29, 0.717) is 28.8 Å². The van der Waals surface area contributed by atoms with Crippen LogP contribution in [0, 0.1) is 0 Å². The molecule has 0 spiro atoms. The van der Waals surface area contributed by atoms with E-state index in [1.165, 1.54) is 6.07 Å². The molecule has 0 unspecified atom stereocenters. The summed E-state index contributed by atoms with van der Waals surface area (Å²) in [5.41, 5.74) is -0.890. The highest BCUT2D eigenvalue weighted by Crippen LogP contribution is 2.26. The van der Waals surface area contributed by atoms with Crippen LogP contribution in [-0.2, 0) is 0 Å². The van der Waals surface area contributed by atoms with Gasteiger partial charge in [0.05, 0.1) is 11.0 Å². The minimum absolute atomic E-state index is 0.0629. The largest absolute Gasteiger partial charge is 0.451 e. The second kappa shape index (κ2) is 6.95. The average molecular weight is 350 g/mol. The van der Waals surface area contributed by atoms with Gasteiger partial charge in [0.2, 0.25) is 0 Å². The summed E-state index contributed by atoms with van der Waals surface area (Å²) in [6, 6.07) is 5.83. The maximum absolute atomic E-state index is 12.3. The summed E-state index contributed by atoms with van der Waals surface area (Å²) in [5, 5.41) is 14.0. The highest BCUT2D eigenvalue weighted by atomic mass is 35.5. The van der Waals surface area contributed by atoms with Gasteiger partial charge < -0.3 is 14.8 Å². The lowest BCUT2D eigenvalue weighted by atomic mass is 9.94. The van der Waals surface area contributed by atoms with Crippen LogP contribution in [0.1, 0.15) is 49.1 Å². The molecule has 1 aromatic carbocycles. The molecule has 5 nitrogen and oxygen atoms in total. The van der Waals surface area contributed by atoms with Gasteiger partial charge >= 0.3 is 0 Å². The Bertz CT molecular complexity index is 806. The molecule has 0 atom stereocenters. The summed E-state index contributed by atoms with van der Waals surface area (Å²) in [6.45, 7) is 0.161. The standard InChI is InChI=1S/C18H20ClNO4/c19-12-5-6-15-13(9-12)14(21)10-16(24-15)17(22)20-11-18(23)7-3-1-2-4-8-18/h5-6,9-10,23H,1-4,7-8,11H2,(H,20,22). The predicted molar refractivity (Wildman–Crippen MR) is 92.5 cm³/mol. The van der Waals surface area contributed by atoms with Gasteiger partial charge in [-0.15, -0.1) is 0 Å². The number of fused-ring (bicyclic) bond motifs is 1. The molecular formula is C18H20ClNO4. The Morgan fingerprint density at radius 2 is 1.92 bits per heavy atom. The lowest BCUT2D eigenvalue weighted by molar-refractivity contribution is 0.0243. The second-order valence-corrected chi connectivity index (χ2v) is 6.87. The van der Waals surface area contributed by atoms with Gasteiger partial charge in [0, 0.05) is 17.6 Å². The zero-order valence-electron chi connectivity index (χ0n) is 13.3. The summed E-state index contributed by atoms with van der Waals surface area (Å²) in [6.07, 6.45) is 5.48. The molecule has 1 aromatic heterocycles. The van der Waals surface area contributed by atoms with E-state index in [-0.39, 0.29) is 17.7 Å². The molecule has 1 amide bonds. The first-order chi connectivity index (χ1) is 11.5. The first kappa shape index (κ1) is 17.0. The molecule has 3 rings (SSSR count). The fourth-order valence-electron chi connectivity index (χ4n) is 3.14. The van der Waals surface area contributed by atoms with E-state index in [1.807, 2.05) is 0 Å². The van der Waals surface area contributed by atoms with Crippen molar-refractivity contribution in [2.24, 2.45) is 0 Å². The van der Waals surface area contributed by atoms with Gasteiger partial charge in [-0.1, -0.05) is 37.3 Å². The zero-order valence-corrected chi connectivity index (χ0v) is 14.1. The molecule has 2 aromatic rings. The number of carbonyl (C=O) groups excluding carboxylic acids is 1. The Balaban J connectivity index is 1.76. The Labute approximate surface area is 144 Å². The predicted octanol–water partition coefficient (Wildman–Crippen LogP) is 3.26. The number of hydrogen-bond donors (Lipinski definition) is 2. The second-order valence-electron chi connectivity index (χ2n) is 6.44. The van der Waals surface area contributed by atoms with Crippen molar-refractivity contribution in [3.63, 3.8) is 0 Å². The molecule has 1 heterocycles. The molecule has 128 valence electrons. The molecule has 1 aliphatic rings. The maximum Gasteiger partial charge on any atom is 0.287 e. The number of halogens is 1. The molecule has 0 aliphatic heterocycles. The van der Waals surface area contributed by atoms with Gasteiger partial charge in [-0.2, -0.15) is 0 Å². The van der Waals surface area contributed by atoms with Crippen molar-refractivity contribution in [1.82, 2.24) is 5.32 Å². The molecule has 1 aliphatic carbocycles. The fourth-order valence-corrected chi connectivity index (χ4v) is 3.31. The van der Waals surface area contributed by atoms with E-state index in [1.54, 1.807) is 12.1 Å². The van der Waals surface area contributed by atoms with Crippen LogP contribution in [-0.4, -0.2) is 23.2 Å². The summed E-state index contributed by atoms with van der Waals surface area (Å²) in [5.74, 6) is -0.561. The Morgan fingerprint density at radius 1 is 1.21 bits per heavy atom.